The number of ketones is 2. The summed E-state index contributed by atoms with van der Waals surface area (Å²) in [6.45, 7) is 8.91. The standard InChI is InChI=1S/C23H32O2/c1-14(2)21(25)20-8-7-18-17-6-5-15-13-16(24)9-11-22(15,3)19(17)10-12-23(18,20)4/h5-6,13-14,17-20H,7-12H2,1-4H3/t17-,18-,19-,20+,22-,23-/m0/s1. The molecule has 0 aromatic heterocycles. The summed E-state index contributed by atoms with van der Waals surface area (Å²) >= 11 is 0. The Morgan fingerprint density at radius 1 is 1.12 bits per heavy atom. The van der Waals surface area contributed by atoms with Gasteiger partial charge in [0.05, 0.1) is 0 Å². The van der Waals surface area contributed by atoms with Crippen molar-refractivity contribution in [1.82, 2.24) is 0 Å². The van der Waals surface area contributed by atoms with Gasteiger partial charge in [-0.15, -0.1) is 0 Å². The number of hydrogen-bond acceptors (Lipinski definition) is 2. The van der Waals surface area contributed by atoms with Crippen LogP contribution in [0.4, 0.5) is 0 Å². The van der Waals surface area contributed by atoms with Gasteiger partial charge in [0.1, 0.15) is 5.78 Å². The molecular formula is C23H32O2. The van der Waals surface area contributed by atoms with Gasteiger partial charge in [0.15, 0.2) is 5.78 Å². The molecule has 25 heavy (non-hydrogen) atoms. The van der Waals surface area contributed by atoms with Gasteiger partial charge in [-0.1, -0.05) is 39.8 Å². The summed E-state index contributed by atoms with van der Waals surface area (Å²) in [5.74, 6) is 3.03. The van der Waals surface area contributed by atoms with Crippen molar-refractivity contribution in [1.29, 1.82) is 0 Å². The highest BCUT2D eigenvalue weighted by Gasteiger charge is 2.59. The van der Waals surface area contributed by atoms with E-state index in [1.165, 1.54) is 24.8 Å². The van der Waals surface area contributed by atoms with E-state index in [4.69, 9.17) is 0 Å². The molecule has 0 N–H and O–H groups in total. The zero-order chi connectivity index (χ0) is 18.0. The smallest absolute Gasteiger partial charge is 0.156 e. The quantitative estimate of drug-likeness (QED) is 0.698. The second-order valence-corrected chi connectivity index (χ2v) is 9.86. The van der Waals surface area contributed by atoms with Crippen molar-refractivity contribution in [3.8, 4) is 0 Å². The lowest BCUT2D eigenvalue weighted by Crippen LogP contribution is -2.49. The Labute approximate surface area is 152 Å². The SMILES string of the molecule is CC(C)C(=O)[C@H]1CC[C@H]2[C@@H]3C=CC4=CC(=O)CC[C@]4(C)[C@H]3CC[C@]12C. The molecule has 2 heteroatoms. The van der Waals surface area contributed by atoms with Crippen molar-refractivity contribution in [2.24, 2.45) is 40.4 Å². The summed E-state index contributed by atoms with van der Waals surface area (Å²) in [4.78, 5) is 24.7. The van der Waals surface area contributed by atoms with Crippen LogP contribution in [0.5, 0.6) is 0 Å². The van der Waals surface area contributed by atoms with Gasteiger partial charge in [-0.05, 0) is 72.3 Å². The minimum absolute atomic E-state index is 0.150. The zero-order valence-electron chi connectivity index (χ0n) is 16.2. The highest BCUT2D eigenvalue weighted by Crippen LogP contribution is 2.65. The Bertz CT molecular complexity index is 670. The van der Waals surface area contributed by atoms with E-state index in [0.717, 1.165) is 12.8 Å². The van der Waals surface area contributed by atoms with Crippen LogP contribution in [0, 0.1) is 40.4 Å². The second-order valence-electron chi connectivity index (χ2n) is 9.86. The molecule has 4 rings (SSSR count). The fourth-order valence-corrected chi connectivity index (χ4v) is 6.87. The fourth-order valence-electron chi connectivity index (χ4n) is 6.87. The Morgan fingerprint density at radius 2 is 1.88 bits per heavy atom. The van der Waals surface area contributed by atoms with Crippen molar-refractivity contribution in [2.75, 3.05) is 0 Å². The van der Waals surface area contributed by atoms with Crippen LogP contribution in [0.25, 0.3) is 0 Å². The molecule has 0 saturated heterocycles. The third kappa shape index (κ3) is 2.35. The van der Waals surface area contributed by atoms with Gasteiger partial charge in [0.25, 0.3) is 0 Å². The molecule has 0 amide bonds. The highest BCUT2D eigenvalue weighted by atomic mass is 16.1. The molecule has 6 atom stereocenters. The number of carbonyl (C=O) groups is 2. The molecule has 2 saturated carbocycles. The molecule has 136 valence electrons. The topological polar surface area (TPSA) is 34.1 Å². The molecular weight excluding hydrogens is 308 g/mol. The van der Waals surface area contributed by atoms with E-state index in [0.29, 0.717) is 35.7 Å². The van der Waals surface area contributed by atoms with Crippen molar-refractivity contribution in [2.45, 2.75) is 66.2 Å². The summed E-state index contributed by atoms with van der Waals surface area (Å²) in [6.07, 6.45) is 12.9. The van der Waals surface area contributed by atoms with Gasteiger partial charge in [-0.3, -0.25) is 9.59 Å². The summed E-state index contributed by atoms with van der Waals surface area (Å²) in [7, 11) is 0. The number of rotatable bonds is 2. The lowest BCUT2D eigenvalue weighted by Gasteiger charge is -2.56. The highest BCUT2D eigenvalue weighted by molar-refractivity contribution is 5.92. The summed E-state index contributed by atoms with van der Waals surface area (Å²) < 4.78 is 0. The van der Waals surface area contributed by atoms with Crippen molar-refractivity contribution < 1.29 is 9.59 Å². The molecule has 2 nitrogen and oxygen atoms in total. The first-order valence-corrected chi connectivity index (χ1v) is 10.2. The minimum Gasteiger partial charge on any atom is -0.299 e. The van der Waals surface area contributed by atoms with Crippen LogP contribution in [0.15, 0.2) is 23.8 Å². The first-order valence-electron chi connectivity index (χ1n) is 10.2. The average molecular weight is 341 g/mol. The third-order valence-corrected chi connectivity index (χ3v) is 8.43. The molecule has 0 spiro atoms. The Balaban J connectivity index is 1.68. The van der Waals surface area contributed by atoms with Crippen LogP contribution in [-0.2, 0) is 9.59 Å². The van der Waals surface area contributed by atoms with Gasteiger partial charge in [-0.25, -0.2) is 0 Å². The van der Waals surface area contributed by atoms with Gasteiger partial charge in [0.2, 0.25) is 0 Å². The fraction of sp³-hybridized carbons (Fsp3) is 0.739. The maximum atomic E-state index is 12.8. The molecule has 0 heterocycles. The van der Waals surface area contributed by atoms with E-state index in [1.807, 2.05) is 6.08 Å². The maximum absolute atomic E-state index is 12.8. The van der Waals surface area contributed by atoms with Gasteiger partial charge < -0.3 is 0 Å². The van der Waals surface area contributed by atoms with Crippen molar-refractivity contribution in [3.63, 3.8) is 0 Å². The normalized spacial score (nSPS) is 45.6. The van der Waals surface area contributed by atoms with Crippen molar-refractivity contribution >= 4 is 11.6 Å². The predicted octanol–water partition coefficient (Wildman–Crippen LogP) is 5.14. The number of allylic oxidation sites excluding steroid dienone is 4. The van der Waals surface area contributed by atoms with Gasteiger partial charge in [-0.2, -0.15) is 0 Å². The van der Waals surface area contributed by atoms with Gasteiger partial charge >= 0.3 is 0 Å². The molecule has 0 radical (unpaired) electrons. The van der Waals surface area contributed by atoms with Crippen LogP contribution in [0.3, 0.4) is 0 Å². The molecule has 4 aliphatic carbocycles. The number of hydrogen-bond donors (Lipinski definition) is 0. The first-order chi connectivity index (χ1) is 11.8. The third-order valence-electron chi connectivity index (χ3n) is 8.43. The van der Waals surface area contributed by atoms with E-state index >= 15 is 0 Å². The predicted molar refractivity (Wildman–Crippen MR) is 100.0 cm³/mol. The van der Waals surface area contributed by atoms with Crippen LogP contribution in [0.2, 0.25) is 0 Å². The number of carbonyl (C=O) groups excluding carboxylic acids is 2. The van der Waals surface area contributed by atoms with Crippen molar-refractivity contribution in [3.05, 3.63) is 23.8 Å². The van der Waals surface area contributed by atoms with Crippen LogP contribution in [-0.4, -0.2) is 11.6 Å². The summed E-state index contributed by atoms with van der Waals surface area (Å²) in [5, 5.41) is 0. The molecule has 0 aromatic rings. The lowest BCUT2D eigenvalue weighted by atomic mass is 9.48. The summed E-state index contributed by atoms with van der Waals surface area (Å²) in [5.41, 5.74) is 1.60. The lowest BCUT2D eigenvalue weighted by molar-refractivity contribution is -0.132. The van der Waals surface area contributed by atoms with Crippen LogP contribution in [0.1, 0.15) is 66.2 Å². The zero-order valence-corrected chi connectivity index (χ0v) is 16.2. The van der Waals surface area contributed by atoms with E-state index < -0.39 is 0 Å². The second kappa shape index (κ2) is 5.66. The van der Waals surface area contributed by atoms with E-state index in [1.54, 1.807) is 0 Å². The largest absolute Gasteiger partial charge is 0.299 e. The van der Waals surface area contributed by atoms with Gasteiger partial charge in [0, 0.05) is 18.3 Å². The average Bonchev–Trinajstić information content (AvgIpc) is 2.92. The Morgan fingerprint density at radius 3 is 2.60 bits per heavy atom. The van der Waals surface area contributed by atoms with E-state index in [2.05, 4.69) is 39.8 Å². The molecule has 0 aromatic carbocycles. The Hall–Kier alpha value is -1.18. The molecule has 2 fully saturated rings. The molecule has 0 unspecified atom stereocenters. The minimum atomic E-state index is 0.150. The monoisotopic (exact) mass is 340 g/mol. The van der Waals surface area contributed by atoms with E-state index in [-0.39, 0.29) is 22.7 Å². The first kappa shape index (κ1) is 17.2. The summed E-state index contributed by atoms with van der Waals surface area (Å²) in [6, 6.07) is 0. The Kier molecular flexibility index (Phi) is 3.90. The molecule has 0 aliphatic heterocycles. The molecule has 0 bridgehead atoms. The van der Waals surface area contributed by atoms with Crippen LogP contribution >= 0.6 is 0 Å². The maximum Gasteiger partial charge on any atom is 0.156 e. The number of Topliss-reactive ketones (excluding diaryl/α,β-unsaturated/α-hetero) is 1. The molecule has 4 aliphatic rings. The van der Waals surface area contributed by atoms with Crippen LogP contribution < -0.4 is 0 Å². The van der Waals surface area contributed by atoms with E-state index in [9.17, 15) is 9.59 Å². The number of fused-ring (bicyclic) bond motifs is 5.